The zero-order valence-electron chi connectivity index (χ0n) is 11.3. The fourth-order valence-corrected chi connectivity index (χ4v) is 3.16. The van der Waals surface area contributed by atoms with Crippen molar-refractivity contribution in [3.05, 3.63) is 30.3 Å². The van der Waals surface area contributed by atoms with Gasteiger partial charge in [0.15, 0.2) is 0 Å². The molecule has 0 aromatic heterocycles. The minimum Gasteiger partial charge on any atom is -0.275 e. The Morgan fingerprint density at radius 1 is 0.909 bits per heavy atom. The summed E-state index contributed by atoms with van der Waals surface area (Å²) in [5.41, 5.74) is -4.74. The minimum absolute atomic E-state index is 0.270. The van der Waals surface area contributed by atoms with E-state index in [0.717, 1.165) is 16.9 Å². The minimum atomic E-state index is -5.93. The Kier molecular flexibility index (Phi) is 4.85. The van der Waals surface area contributed by atoms with Crippen LogP contribution in [0.2, 0.25) is 0 Å². The van der Waals surface area contributed by atoms with Crippen molar-refractivity contribution in [2.75, 3.05) is 14.1 Å². The van der Waals surface area contributed by atoms with Gasteiger partial charge < -0.3 is 0 Å². The van der Waals surface area contributed by atoms with Gasteiger partial charge in [0.25, 0.3) is 5.66 Å². The molecule has 1 aromatic carbocycles. The lowest BCUT2D eigenvalue weighted by Gasteiger charge is -2.41. The molecular formula is C11H12F6N2O2S. The average Bonchev–Trinajstić information content (AvgIpc) is 2.33. The topological polar surface area (TPSA) is 49.4 Å². The Hall–Kier alpha value is -1.33. The molecule has 1 rings (SSSR count). The van der Waals surface area contributed by atoms with Gasteiger partial charge in [-0.1, -0.05) is 18.2 Å². The highest BCUT2D eigenvalue weighted by molar-refractivity contribution is 7.89. The summed E-state index contributed by atoms with van der Waals surface area (Å²) in [6.07, 6.45) is -11.9. The standard InChI is InChI=1S/C11H12F6N2O2S/c1-19(2)9(10(12,13)14,11(15,16)17)18-22(20,21)8-6-4-3-5-7-8/h3-7,18H,1-2H3. The van der Waals surface area contributed by atoms with E-state index in [4.69, 9.17) is 0 Å². The van der Waals surface area contributed by atoms with Crippen molar-refractivity contribution in [2.24, 2.45) is 0 Å². The molecule has 0 unspecified atom stereocenters. The summed E-state index contributed by atoms with van der Waals surface area (Å²) >= 11 is 0. The smallest absolute Gasteiger partial charge is 0.275 e. The summed E-state index contributed by atoms with van der Waals surface area (Å²) in [7, 11) is -4.10. The van der Waals surface area contributed by atoms with Gasteiger partial charge >= 0.3 is 12.4 Å². The molecule has 4 nitrogen and oxygen atoms in total. The molecule has 22 heavy (non-hydrogen) atoms. The predicted octanol–water partition coefficient (Wildman–Crippen LogP) is 2.35. The molecule has 0 bridgehead atoms. The van der Waals surface area contributed by atoms with Crippen LogP contribution in [-0.2, 0) is 10.0 Å². The normalized spacial score (nSPS) is 14.4. The third-order valence-corrected chi connectivity index (χ3v) is 4.28. The average molecular weight is 350 g/mol. The van der Waals surface area contributed by atoms with Crippen molar-refractivity contribution in [2.45, 2.75) is 22.9 Å². The van der Waals surface area contributed by atoms with Crippen LogP contribution in [0, 0.1) is 0 Å². The molecule has 1 N–H and O–H groups in total. The molecule has 0 fully saturated rings. The van der Waals surface area contributed by atoms with E-state index < -0.39 is 32.9 Å². The van der Waals surface area contributed by atoms with Gasteiger partial charge in [0, 0.05) is 0 Å². The summed E-state index contributed by atoms with van der Waals surface area (Å²) in [4.78, 5) is -0.984. The molecule has 0 saturated carbocycles. The summed E-state index contributed by atoms with van der Waals surface area (Å²) in [5, 5.41) is 0. The van der Waals surface area contributed by atoms with E-state index in [1.54, 1.807) is 0 Å². The second-order valence-corrected chi connectivity index (χ2v) is 6.20. The maximum absolute atomic E-state index is 13.1. The fourth-order valence-electron chi connectivity index (χ4n) is 1.73. The largest absolute Gasteiger partial charge is 0.430 e. The molecule has 1 aromatic rings. The Morgan fingerprint density at radius 3 is 1.64 bits per heavy atom. The molecule has 0 atom stereocenters. The Balaban J connectivity index is 3.50. The maximum atomic E-state index is 13.1. The van der Waals surface area contributed by atoms with Crippen LogP contribution < -0.4 is 4.72 Å². The Bertz CT molecular complexity index is 596. The van der Waals surface area contributed by atoms with E-state index in [2.05, 4.69) is 0 Å². The number of hydrogen-bond donors (Lipinski definition) is 1. The molecule has 126 valence electrons. The molecular weight excluding hydrogens is 338 g/mol. The summed E-state index contributed by atoms with van der Waals surface area (Å²) in [6.45, 7) is 0. The molecule has 0 aliphatic rings. The van der Waals surface area contributed by atoms with Gasteiger partial charge in [-0.2, -0.15) is 31.1 Å². The summed E-state index contributed by atoms with van der Waals surface area (Å²) < 4.78 is 103. The van der Waals surface area contributed by atoms with Crippen LogP contribution >= 0.6 is 0 Å². The first kappa shape index (κ1) is 18.7. The molecule has 0 aliphatic heterocycles. The number of benzene rings is 1. The number of hydrogen-bond acceptors (Lipinski definition) is 3. The van der Waals surface area contributed by atoms with Gasteiger partial charge in [-0.3, -0.25) is 4.90 Å². The zero-order chi connectivity index (χ0) is 17.4. The number of sulfonamides is 1. The van der Waals surface area contributed by atoms with Crippen LogP contribution in [0.25, 0.3) is 0 Å². The highest BCUT2D eigenvalue weighted by atomic mass is 32.2. The van der Waals surface area contributed by atoms with Crippen molar-refractivity contribution in [1.82, 2.24) is 9.62 Å². The number of alkyl halides is 6. The first-order valence-electron chi connectivity index (χ1n) is 5.65. The highest BCUT2D eigenvalue weighted by Crippen LogP contribution is 2.45. The van der Waals surface area contributed by atoms with Crippen LogP contribution in [0.4, 0.5) is 26.3 Å². The maximum Gasteiger partial charge on any atom is 0.430 e. The monoisotopic (exact) mass is 350 g/mol. The van der Waals surface area contributed by atoms with E-state index in [9.17, 15) is 34.8 Å². The van der Waals surface area contributed by atoms with Crippen molar-refractivity contribution >= 4 is 10.0 Å². The second-order valence-electron chi connectivity index (χ2n) is 4.52. The number of rotatable bonds is 4. The SMILES string of the molecule is CN(C)C(NS(=O)(=O)c1ccccc1)(C(F)(F)F)C(F)(F)F. The number of halogens is 6. The van der Waals surface area contributed by atoms with E-state index >= 15 is 0 Å². The predicted molar refractivity (Wildman–Crippen MR) is 65.3 cm³/mol. The second kappa shape index (κ2) is 5.70. The van der Waals surface area contributed by atoms with Crippen molar-refractivity contribution in [3.63, 3.8) is 0 Å². The molecule has 0 spiro atoms. The quantitative estimate of drug-likeness (QED) is 0.670. The van der Waals surface area contributed by atoms with E-state index in [0.29, 0.717) is 14.1 Å². The van der Waals surface area contributed by atoms with E-state index in [1.165, 1.54) is 18.2 Å². The zero-order valence-corrected chi connectivity index (χ0v) is 12.1. The number of nitrogens with zero attached hydrogens (tertiary/aromatic N) is 1. The molecule has 0 radical (unpaired) electrons. The van der Waals surface area contributed by atoms with Crippen LogP contribution in [0.5, 0.6) is 0 Å². The van der Waals surface area contributed by atoms with Gasteiger partial charge in [-0.25, -0.2) is 8.42 Å². The number of nitrogens with one attached hydrogen (secondary N) is 1. The molecule has 0 aliphatic carbocycles. The lowest BCUT2D eigenvalue weighted by atomic mass is 10.1. The van der Waals surface area contributed by atoms with Gasteiger partial charge in [0.2, 0.25) is 10.0 Å². The summed E-state index contributed by atoms with van der Waals surface area (Å²) in [6, 6.07) is 5.48. The van der Waals surface area contributed by atoms with E-state index in [-0.39, 0.29) is 4.90 Å². The molecule has 0 saturated heterocycles. The molecule has 0 amide bonds. The van der Waals surface area contributed by atoms with Gasteiger partial charge in [0.05, 0.1) is 4.90 Å². The van der Waals surface area contributed by atoms with Crippen LogP contribution in [-0.4, -0.2) is 45.4 Å². The van der Waals surface area contributed by atoms with Crippen molar-refractivity contribution in [3.8, 4) is 0 Å². The van der Waals surface area contributed by atoms with Crippen molar-refractivity contribution < 1.29 is 34.8 Å². The van der Waals surface area contributed by atoms with Gasteiger partial charge in [-0.05, 0) is 26.2 Å². The van der Waals surface area contributed by atoms with Gasteiger partial charge in [-0.15, -0.1) is 0 Å². The van der Waals surface area contributed by atoms with Crippen LogP contribution in [0.15, 0.2) is 35.2 Å². The molecule has 0 heterocycles. The molecule has 11 heteroatoms. The third kappa shape index (κ3) is 3.20. The van der Waals surface area contributed by atoms with E-state index in [1.807, 2.05) is 0 Å². The van der Waals surface area contributed by atoms with Crippen LogP contribution in [0.3, 0.4) is 0 Å². The van der Waals surface area contributed by atoms with Crippen LogP contribution in [0.1, 0.15) is 0 Å². The first-order chi connectivity index (χ1) is 9.76. The lowest BCUT2D eigenvalue weighted by Crippen LogP contribution is -2.74. The third-order valence-electron chi connectivity index (χ3n) is 2.83. The Labute approximate surface area is 122 Å². The highest BCUT2D eigenvalue weighted by Gasteiger charge is 2.74. The van der Waals surface area contributed by atoms with Gasteiger partial charge in [0.1, 0.15) is 0 Å². The Morgan fingerprint density at radius 2 is 1.32 bits per heavy atom. The first-order valence-corrected chi connectivity index (χ1v) is 7.14. The van der Waals surface area contributed by atoms with Crippen molar-refractivity contribution in [1.29, 1.82) is 0 Å². The lowest BCUT2D eigenvalue weighted by molar-refractivity contribution is -0.339. The summed E-state index contributed by atoms with van der Waals surface area (Å²) in [5.74, 6) is 0. The fraction of sp³-hybridized carbons (Fsp3) is 0.455.